The minimum absolute atomic E-state index is 0.228. The van der Waals surface area contributed by atoms with Gasteiger partial charge in [0, 0.05) is 11.8 Å². The highest BCUT2D eigenvalue weighted by molar-refractivity contribution is 6.02. The molecule has 0 saturated carbocycles. The average Bonchev–Trinajstić information content (AvgIpc) is 3.12. The molecule has 134 valence electrons. The van der Waals surface area contributed by atoms with Gasteiger partial charge in [0.25, 0.3) is 5.91 Å². The van der Waals surface area contributed by atoms with Crippen LogP contribution in [0.5, 0.6) is 11.5 Å². The van der Waals surface area contributed by atoms with Crippen molar-refractivity contribution < 1.29 is 18.7 Å². The number of amides is 1. The highest BCUT2D eigenvalue weighted by Crippen LogP contribution is 2.20. The van der Waals surface area contributed by atoms with Crippen molar-refractivity contribution in [3.63, 3.8) is 0 Å². The molecule has 3 rings (SSSR count). The standard InChI is InChI=1S/C21H21NO4/c1-14-7-8-18(11-15(14)2)25-13-19-9-10-20(26-19)21(23)22-16-5-4-6-17(12-16)24-3/h4-12H,13H2,1-3H3,(H,22,23). The van der Waals surface area contributed by atoms with Crippen LogP contribution in [0, 0.1) is 13.8 Å². The van der Waals surface area contributed by atoms with Gasteiger partial charge in [-0.1, -0.05) is 12.1 Å². The van der Waals surface area contributed by atoms with Crippen LogP contribution in [0.1, 0.15) is 27.4 Å². The quantitative estimate of drug-likeness (QED) is 0.697. The second-order valence-corrected chi connectivity index (χ2v) is 5.99. The van der Waals surface area contributed by atoms with E-state index in [2.05, 4.69) is 12.2 Å². The average molecular weight is 351 g/mol. The Morgan fingerprint density at radius 1 is 1.00 bits per heavy atom. The number of hydrogen-bond donors (Lipinski definition) is 1. The number of nitrogens with one attached hydrogen (secondary N) is 1. The van der Waals surface area contributed by atoms with Gasteiger partial charge in [0.05, 0.1) is 7.11 Å². The predicted octanol–water partition coefficient (Wildman–Crippen LogP) is 4.74. The Bertz CT molecular complexity index is 914. The van der Waals surface area contributed by atoms with E-state index in [1.807, 2.05) is 31.2 Å². The summed E-state index contributed by atoms with van der Waals surface area (Å²) >= 11 is 0. The predicted molar refractivity (Wildman–Crippen MR) is 99.9 cm³/mol. The normalized spacial score (nSPS) is 10.4. The number of benzene rings is 2. The third-order valence-corrected chi connectivity index (χ3v) is 4.07. The van der Waals surface area contributed by atoms with Crippen molar-refractivity contribution in [1.29, 1.82) is 0 Å². The number of anilines is 1. The summed E-state index contributed by atoms with van der Waals surface area (Å²) in [5, 5.41) is 2.78. The lowest BCUT2D eigenvalue weighted by atomic mass is 10.1. The molecule has 2 aromatic carbocycles. The molecule has 1 aromatic heterocycles. The van der Waals surface area contributed by atoms with Crippen molar-refractivity contribution >= 4 is 11.6 Å². The summed E-state index contributed by atoms with van der Waals surface area (Å²) in [5.74, 6) is 1.93. The van der Waals surface area contributed by atoms with E-state index in [0.717, 1.165) is 5.75 Å². The van der Waals surface area contributed by atoms with Gasteiger partial charge in [-0.25, -0.2) is 0 Å². The number of rotatable bonds is 6. The SMILES string of the molecule is COc1cccc(NC(=O)c2ccc(COc3ccc(C)c(C)c3)o2)c1. The van der Waals surface area contributed by atoms with Crippen LogP contribution in [0.4, 0.5) is 5.69 Å². The number of hydrogen-bond acceptors (Lipinski definition) is 4. The van der Waals surface area contributed by atoms with E-state index in [1.165, 1.54) is 11.1 Å². The molecule has 0 unspecified atom stereocenters. The van der Waals surface area contributed by atoms with Gasteiger partial charge >= 0.3 is 0 Å². The Kier molecular flexibility index (Phi) is 5.27. The van der Waals surface area contributed by atoms with Gasteiger partial charge in [-0.3, -0.25) is 4.79 Å². The minimum Gasteiger partial charge on any atom is -0.497 e. The fourth-order valence-corrected chi connectivity index (χ4v) is 2.43. The lowest BCUT2D eigenvalue weighted by Crippen LogP contribution is -2.10. The van der Waals surface area contributed by atoms with Crippen LogP contribution in [0.15, 0.2) is 59.0 Å². The number of aryl methyl sites for hydroxylation is 2. The van der Waals surface area contributed by atoms with Crippen LogP contribution in [-0.2, 0) is 6.61 Å². The number of ether oxygens (including phenoxy) is 2. The van der Waals surface area contributed by atoms with Gasteiger partial charge in [-0.05, 0) is 61.4 Å². The molecule has 1 amide bonds. The Hall–Kier alpha value is -3.21. The molecular formula is C21H21NO4. The summed E-state index contributed by atoms with van der Waals surface area (Å²) < 4.78 is 16.5. The fraction of sp³-hybridized carbons (Fsp3) is 0.190. The maximum atomic E-state index is 12.3. The van der Waals surface area contributed by atoms with Crippen molar-refractivity contribution in [1.82, 2.24) is 0 Å². The summed E-state index contributed by atoms with van der Waals surface area (Å²) in [5.41, 5.74) is 3.02. The fourth-order valence-electron chi connectivity index (χ4n) is 2.43. The van der Waals surface area contributed by atoms with E-state index in [-0.39, 0.29) is 18.3 Å². The second-order valence-electron chi connectivity index (χ2n) is 5.99. The van der Waals surface area contributed by atoms with Gasteiger partial charge in [0.2, 0.25) is 0 Å². The van der Waals surface area contributed by atoms with Crippen LogP contribution in [0.2, 0.25) is 0 Å². The zero-order valence-corrected chi connectivity index (χ0v) is 15.0. The molecule has 0 radical (unpaired) electrons. The molecule has 26 heavy (non-hydrogen) atoms. The van der Waals surface area contributed by atoms with Crippen molar-refractivity contribution in [3.05, 3.63) is 77.2 Å². The molecule has 0 fully saturated rings. The third-order valence-electron chi connectivity index (χ3n) is 4.07. The van der Waals surface area contributed by atoms with Gasteiger partial charge in [-0.2, -0.15) is 0 Å². The third kappa shape index (κ3) is 4.25. The van der Waals surface area contributed by atoms with Crippen molar-refractivity contribution in [2.75, 3.05) is 12.4 Å². The zero-order chi connectivity index (χ0) is 18.5. The minimum atomic E-state index is -0.323. The lowest BCUT2D eigenvalue weighted by Gasteiger charge is -2.07. The molecule has 0 atom stereocenters. The molecule has 0 aliphatic heterocycles. The van der Waals surface area contributed by atoms with E-state index in [0.29, 0.717) is 17.2 Å². The lowest BCUT2D eigenvalue weighted by molar-refractivity contribution is 0.0992. The van der Waals surface area contributed by atoms with Crippen molar-refractivity contribution in [3.8, 4) is 11.5 Å². The molecule has 3 aromatic rings. The van der Waals surface area contributed by atoms with Gasteiger partial charge in [-0.15, -0.1) is 0 Å². The molecular weight excluding hydrogens is 330 g/mol. The molecule has 0 saturated heterocycles. The first-order valence-electron chi connectivity index (χ1n) is 8.29. The smallest absolute Gasteiger partial charge is 0.291 e. The first-order valence-corrected chi connectivity index (χ1v) is 8.29. The van der Waals surface area contributed by atoms with Crippen molar-refractivity contribution in [2.24, 2.45) is 0 Å². The molecule has 0 aliphatic carbocycles. The van der Waals surface area contributed by atoms with Crippen LogP contribution in [-0.4, -0.2) is 13.0 Å². The van der Waals surface area contributed by atoms with Gasteiger partial charge in [0.1, 0.15) is 23.9 Å². The Morgan fingerprint density at radius 2 is 1.85 bits per heavy atom. The largest absolute Gasteiger partial charge is 0.497 e. The first-order chi connectivity index (χ1) is 12.5. The van der Waals surface area contributed by atoms with Crippen LogP contribution >= 0.6 is 0 Å². The molecule has 1 N–H and O–H groups in total. The highest BCUT2D eigenvalue weighted by atomic mass is 16.5. The van der Waals surface area contributed by atoms with E-state index >= 15 is 0 Å². The second kappa shape index (κ2) is 7.78. The van der Waals surface area contributed by atoms with Gasteiger partial charge in [0.15, 0.2) is 5.76 Å². The van der Waals surface area contributed by atoms with Gasteiger partial charge < -0.3 is 19.2 Å². The molecule has 0 spiro atoms. The molecule has 5 heteroatoms. The molecule has 5 nitrogen and oxygen atoms in total. The highest BCUT2D eigenvalue weighted by Gasteiger charge is 2.12. The number of carbonyl (C=O) groups is 1. The summed E-state index contributed by atoms with van der Waals surface area (Å²) in [6, 6.07) is 16.4. The van der Waals surface area contributed by atoms with Crippen LogP contribution in [0.3, 0.4) is 0 Å². The summed E-state index contributed by atoms with van der Waals surface area (Å²) in [6.45, 7) is 4.35. The summed E-state index contributed by atoms with van der Waals surface area (Å²) in [6.07, 6.45) is 0. The number of carbonyl (C=O) groups excluding carboxylic acids is 1. The van der Waals surface area contributed by atoms with E-state index < -0.39 is 0 Å². The first kappa shape index (κ1) is 17.6. The van der Waals surface area contributed by atoms with E-state index in [4.69, 9.17) is 13.9 Å². The van der Waals surface area contributed by atoms with Crippen molar-refractivity contribution in [2.45, 2.75) is 20.5 Å². The maximum Gasteiger partial charge on any atom is 0.291 e. The molecule has 0 bridgehead atoms. The van der Waals surface area contributed by atoms with Crippen LogP contribution < -0.4 is 14.8 Å². The maximum absolute atomic E-state index is 12.3. The Balaban J connectivity index is 1.61. The Morgan fingerprint density at radius 3 is 2.62 bits per heavy atom. The summed E-state index contributed by atoms with van der Waals surface area (Å²) in [7, 11) is 1.58. The molecule has 0 aliphatic rings. The summed E-state index contributed by atoms with van der Waals surface area (Å²) in [4.78, 5) is 12.3. The van der Waals surface area contributed by atoms with Crippen LogP contribution in [0.25, 0.3) is 0 Å². The van der Waals surface area contributed by atoms with E-state index in [9.17, 15) is 4.79 Å². The topological polar surface area (TPSA) is 60.7 Å². The monoisotopic (exact) mass is 351 g/mol. The number of methoxy groups -OCH3 is 1. The number of furan rings is 1. The van der Waals surface area contributed by atoms with E-state index in [1.54, 1.807) is 37.4 Å². The zero-order valence-electron chi connectivity index (χ0n) is 15.0. The Labute approximate surface area is 152 Å². The molecule has 1 heterocycles.